The second kappa shape index (κ2) is 6.91. The van der Waals surface area contributed by atoms with Crippen LogP contribution in [0.5, 0.6) is 5.75 Å². The zero-order valence-electron chi connectivity index (χ0n) is 13.2. The molecule has 2 aromatic rings. The monoisotopic (exact) mass is 330 g/mol. The number of hydrogen-bond donors (Lipinski definition) is 1. The second-order valence-electron chi connectivity index (χ2n) is 6.42. The van der Waals surface area contributed by atoms with Gasteiger partial charge in [0.1, 0.15) is 5.75 Å². The molecule has 0 radical (unpaired) electrons. The van der Waals surface area contributed by atoms with Gasteiger partial charge in [0, 0.05) is 38.0 Å². The fourth-order valence-corrected chi connectivity index (χ4v) is 3.69. The van der Waals surface area contributed by atoms with E-state index in [-0.39, 0.29) is 18.4 Å². The number of nitrogens with zero attached hydrogens (tertiary/aromatic N) is 1. The van der Waals surface area contributed by atoms with Crippen molar-refractivity contribution in [3.05, 3.63) is 65.2 Å². The Morgan fingerprint density at radius 3 is 2.74 bits per heavy atom. The SMILES string of the molecule is Cl.N[C@@H]1CN(Cc2ccc3c(c2)CCO3)C[C@H]1c1ccccc1. The summed E-state index contributed by atoms with van der Waals surface area (Å²) in [5.41, 5.74) is 10.5. The maximum atomic E-state index is 6.38. The van der Waals surface area contributed by atoms with Crippen LogP contribution >= 0.6 is 12.4 Å². The predicted molar refractivity (Wildman–Crippen MR) is 95.3 cm³/mol. The fraction of sp³-hybridized carbons (Fsp3) is 0.368. The van der Waals surface area contributed by atoms with Crippen LogP contribution in [-0.4, -0.2) is 30.6 Å². The second-order valence-corrected chi connectivity index (χ2v) is 6.42. The number of benzene rings is 2. The molecule has 3 nitrogen and oxygen atoms in total. The highest BCUT2D eigenvalue weighted by molar-refractivity contribution is 5.85. The molecule has 1 saturated heterocycles. The van der Waals surface area contributed by atoms with Gasteiger partial charge in [-0.2, -0.15) is 0 Å². The number of halogens is 1. The van der Waals surface area contributed by atoms with Gasteiger partial charge in [-0.05, 0) is 22.8 Å². The molecule has 2 N–H and O–H groups in total. The summed E-state index contributed by atoms with van der Waals surface area (Å²) >= 11 is 0. The third-order valence-electron chi connectivity index (χ3n) is 4.83. The molecular formula is C19H23ClN2O. The molecule has 2 aromatic carbocycles. The number of ether oxygens (including phenoxy) is 1. The van der Waals surface area contributed by atoms with Crippen LogP contribution in [0, 0.1) is 0 Å². The molecule has 122 valence electrons. The van der Waals surface area contributed by atoms with Crippen LogP contribution in [-0.2, 0) is 13.0 Å². The largest absolute Gasteiger partial charge is 0.493 e. The smallest absolute Gasteiger partial charge is 0.122 e. The minimum absolute atomic E-state index is 0. The van der Waals surface area contributed by atoms with Crippen molar-refractivity contribution in [2.24, 2.45) is 5.73 Å². The number of nitrogens with two attached hydrogens (primary N) is 1. The van der Waals surface area contributed by atoms with E-state index in [9.17, 15) is 0 Å². The Morgan fingerprint density at radius 2 is 1.91 bits per heavy atom. The summed E-state index contributed by atoms with van der Waals surface area (Å²) in [4.78, 5) is 2.47. The quantitative estimate of drug-likeness (QED) is 0.940. The summed E-state index contributed by atoms with van der Waals surface area (Å²) in [7, 11) is 0. The lowest BCUT2D eigenvalue weighted by Crippen LogP contribution is -2.28. The third kappa shape index (κ3) is 3.37. The lowest BCUT2D eigenvalue weighted by atomic mass is 9.95. The zero-order valence-corrected chi connectivity index (χ0v) is 14.0. The number of likely N-dealkylation sites (tertiary alicyclic amines) is 1. The van der Waals surface area contributed by atoms with Crippen LogP contribution in [0.15, 0.2) is 48.5 Å². The molecule has 2 aliphatic rings. The Kier molecular flexibility index (Phi) is 4.90. The number of hydrogen-bond acceptors (Lipinski definition) is 3. The van der Waals surface area contributed by atoms with E-state index in [4.69, 9.17) is 10.5 Å². The Balaban J connectivity index is 0.00000156. The molecule has 2 atom stereocenters. The Hall–Kier alpha value is -1.55. The summed E-state index contributed by atoms with van der Waals surface area (Å²) in [6.07, 6.45) is 1.04. The van der Waals surface area contributed by atoms with E-state index in [1.807, 2.05) is 0 Å². The Morgan fingerprint density at radius 1 is 1.09 bits per heavy atom. The lowest BCUT2D eigenvalue weighted by Gasteiger charge is -2.16. The van der Waals surface area contributed by atoms with Crippen molar-refractivity contribution in [1.29, 1.82) is 0 Å². The molecule has 23 heavy (non-hydrogen) atoms. The molecule has 0 amide bonds. The molecule has 2 aliphatic heterocycles. The Bertz CT molecular complexity index is 662. The zero-order chi connectivity index (χ0) is 14.9. The van der Waals surface area contributed by atoms with E-state index in [2.05, 4.69) is 53.4 Å². The average Bonchev–Trinajstić information content (AvgIpc) is 3.14. The normalized spacial score (nSPS) is 23.2. The molecule has 2 heterocycles. The van der Waals surface area contributed by atoms with Crippen LogP contribution in [0.2, 0.25) is 0 Å². The average molecular weight is 331 g/mol. The van der Waals surface area contributed by atoms with Gasteiger partial charge in [0.05, 0.1) is 6.61 Å². The summed E-state index contributed by atoms with van der Waals surface area (Å²) in [5, 5.41) is 0. The molecule has 1 fully saturated rings. The van der Waals surface area contributed by atoms with Gasteiger partial charge < -0.3 is 10.5 Å². The molecule has 4 rings (SSSR count). The van der Waals surface area contributed by atoms with Gasteiger partial charge in [0.25, 0.3) is 0 Å². The van der Waals surface area contributed by atoms with Crippen LogP contribution in [0.25, 0.3) is 0 Å². The molecule has 4 heteroatoms. The van der Waals surface area contributed by atoms with E-state index >= 15 is 0 Å². The summed E-state index contributed by atoms with van der Waals surface area (Å²) in [6.45, 7) is 3.81. The Labute approximate surface area is 143 Å². The van der Waals surface area contributed by atoms with Crippen LogP contribution in [0.3, 0.4) is 0 Å². The first-order valence-electron chi connectivity index (χ1n) is 8.07. The van der Waals surface area contributed by atoms with Crippen molar-refractivity contribution >= 4 is 12.4 Å². The van der Waals surface area contributed by atoms with Gasteiger partial charge >= 0.3 is 0 Å². The summed E-state index contributed by atoms with van der Waals surface area (Å²) in [6, 6.07) is 17.5. The molecule has 0 aliphatic carbocycles. The first-order valence-corrected chi connectivity index (χ1v) is 8.07. The topological polar surface area (TPSA) is 38.5 Å². The van der Waals surface area contributed by atoms with E-state index in [0.29, 0.717) is 5.92 Å². The number of fused-ring (bicyclic) bond motifs is 1. The van der Waals surface area contributed by atoms with Gasteiger partial charge in [-0.15, -0.1) is 12.4 Å². The highest BCUT2D eigenvalue weighted by Gasteiger charge is 2.31. The van der Waals surface area contributed by atoms with Gasteiger partial charge in [0.2, 0.25) is 0 Å². The van der Waals surface area contributed by atoms with E-state index in [1.165, 1.54) is 16.7 Å². The fourth-order valence-electron chi connectivity index (χ4n) is 3.69. The van der Waals surface area contributed by atoms with Crippen LogP contribution in [0.1, 0.15) is 22.6 Å². The van der Waals surface area contributed by atoms with Crippen molar-refractivity contribution in [3.8, 4) is 5.75 Å². The first-order chi connectivity index (χ1) is 10.8. The van der Waals surface area contributed by atoms with Crippen LogP contribution in [0.4, 0.5) is 0 Å². The molecule has 0 aromatic heterocycles. The van der Waals surface area contributed by atoms with Crippen molar-refractivity contribution in [2.75, 3.05) is 19.7 Å². The predicted octanol–water partition coefficient (Wildman–Crippen LogP) is 2.97. The highest BCUT2D eigenvalue weighted by atomic mass is 35.5. The molecule has 0 bridgehead atoms. The van der Waals surface area contributed by atoms with E-state index in [0.717, 1.165) is 38.4 Å². The molecule has 0 saturated carbocycles. The van der Waals surface area contributed by atoms with Crippen molar-refractivity contribution < 1.29 is 4.74 Å². The van der Waals surface area contributed by atoms with E-state index < -0.39 is 0 Å². The maximum absolute atomic E-state index is 6.38. The molecule has 0 unspecified atom stereocenters. The van der Waals surface area contributed by atoms with Gasteiger partial charge in [-0.3, -0.25) is 4.90 Å². The van der Waals surface area contributed by atoms with E-state index in [1.54, 1.807) is 0 Å². The van der Waals surface area contributed by atoms with Gasteiger partial charge in [0.15, 0.2) is 0 Å². The van der Waals surface area contributed by atoms with Gasteiger partial charge in [-0.25, -0.2) is 0 Å². The number of rotatable bonds is 3. The maximum Gasteiger partial charge on any atom is 0.122 e. The molecule has 0 spiro atoms. The molecular weight excluding hydrogens is 308 g/mol. The van der Waals surface area contributed by atoms with Crippen LogP contribution < -0.4 is 10.5 Å². The third-order valence-corrected chi connectivity index (χ3v) is 4.83. The minimum Gasteiger partial charge on any atom is -0.493 e. The van der Waals surface area contributed by atoms with Crippen molar-refractivity contribution in [1.82, 2.24) is 4.90 Å². The standard InChI is InChI=1S/C19H22N2O.ClH/c20-18-13-21(12-17(18)15-4-2-1-3-5-15)11-14-6-7-19-16(10-14)8-9-22-19;/h1-7,10,17-18H,8-9,11-13,20H2;1H/t17-,18+;/m0./s1. The van der Waals surface area contributed by atoms with Crippen molar-refractivity contribution in [3.63, 3.8) is 0 Å². The van der Waals surface area contributed by atoms with Crippen molar-refractivity contribution in [2.45, 2.75) is 24.9 Å². The minimum atomic E-state index is 0. The summed E-state index contributed by atoms with van der Waals surface area (Å²) < 4.78 is 5.58. The van der Waals surface area contributed by atoms with Gasteiger partial charge in [-0.1, -0.05) is 42.5 Å². The highest BCUT2D eigenvalue weighted by Crippen LogP contribution is 2.29. The lowest BCUT2D eigenvalue weighted by molar-refractivity contribution is 0.323. The summed E-state index contributed by atoms with van der Waals surface area (Å²) in [5.74, 6) is 1.50. The first kappa shape index (κ1) is 16.3.